The third-order valence-corrected chi connectivity index (χ3v) is 3.70. The zero-order valence-electron chi connectivity index (χ0n) is 8.85. The minimum Gasteiger partial charge on any atom is -0.326 e. The molecule has 2 rings (SSSR count). The summed E-state index contributed by atoms with van der Waals surface area (Å²) in [5, 5.41) is 4.14. The molecule has 0 amide bonds. The van der Waals surface area contributed by atoms with Crippen molar-refractivity contribution in [2.45, 2.75) is 16.3 Å². The number of rotatable bonds is 3. The Balaban J connectivity index is 2.29. The molecule has 0 radical (unpaired) electrons. The average molecular weight is 298 g/mol. The van der Waals surface area contributed by atoms with Crippen molar-refractivity contribution < 1.29 is 0 Å². The highest BCUT2D eigenvalue weighted by Gasteiger charge is 2.05. The Kier molecular flexibility index (Phi) is 3.68. The van der Waals surface area contributed by atoms with Crippen LogP contribution in [0.4, 0.5) is 0 Å². The highest BCUT2D eigenvalue weighted by atomic mass is 79.9. The van der Waals surface area contributed by atoms with E-state index in [2.05, 4.69) is 27.1 Å². The molecule has 0 bridgehead atoms. The number of benzene rings is 1. The highest BCUT2D eigenvalue weighted by Crippen LogP contribution is 2.32. The van der Waals surface area contributed by atoms with Crippen molar-refractivity contribution in [3.63, 3.8) is 0 Å². The summed E-state index contributed by atoms with van der Waals surface area (Å²) in [6.45, 7) is 0.551. The van der Waals surface area contributed by atoms with E-state index in [0.717, 1.165) is 14.9 Å². The van der Waals surface area contributed by atoms with E-state index in [-0.39, 0.29) is 0 Å². The molecule has 0 aliphatic carbocycles. The Labute approximate surface area is 107 Å². The van der Waals surface area contributed by atoms with Crippen LogP contribution in [0.5, 0.6) is 0 Å². The standard InChI is InChI=1S/C11H12BrN3S/c1-15-7-10(6-14-15)16-11-4-9(12)3-2-8(11)5-13/h2-4,6-7H,5,13H2,1H3. The van der Waals surface area contributed by atoms with Gasteiger partial charge in [0.05, 0.1) is 11.1 Å². The lowest BCUT2D eigenvalue weighted by molar-refractivity contribution is 0.766. The number of nitrogens with zero attached hydrogens (tertiary/aromatic N) is 2. The normalized spacial score (nSPS) is 10.7. The molecule has 84 valence electrons. The number of hydrogen-bond donors (Lipinski definition) is 1. The van der Waals surface area contributed by atoms with Crippen LogP contribution in [-0.2, 0) is 13.6 Å². The molecule has 0 aliphatic rings. The number of halogens is 1. The van der Waals surface area contributed by atoms with Crippen molar-refractivity contribution in [3.8, 4) is 0 Å². The van der Waals surface area contributed by atoms with Gasteiger partial charge in [-0.1, -0.05) is 33.8 Å². The van der Waals surface area contributed by atoms with E-state index in [1.54, 1.807) is 16.4 Å². The zero-order chi connectivity index (χ0) is 11.5. The molecular formula is C11H12BrN3S. The van der Waals surface area contributed by atoms with E-state index < -0.39 is 0 Å². The fraction of sp³-hybridized carbons (Fsp3) is 0.182. The van der Waals surface area contributed by atoms with Crippen LogP contribution in [0.3, 0.4) is 0 Å². The number of hydrogen-bond acceptors (Lipinski definition) is 3. The summed E-state index contributed by atoms with van der Waals surface area (Å²) in [6.07, 6.45) is 3.84. The molecule has 0 spiro atoms. The van der Waals surface area contributed by atoms with E-state index in [1.807, 2.05) is 31.6 Å². The van der Waals surface area contributed by atoms with E-state index in [0.29, 0.717) is 6.54 Å². The molecular weight excluding hydrogens is 286 g/mol. The van der Waals surface area contributed by atoms with Gasteiger partial charge >= 0.3 is 0 Å². The Bertz CT molecular complexity index is 496. The Morgan fingerprint density at radius 3 is 2.94 bits per heavy atom. The SMILES string of the molecule is Cn1cc(Sc2cc(Br)ccc2CN)cn1. The summed E-state index contributed by atoms with van der Waals surface area (Å²) < 4.78 is 2.86. The van der Waals surface area contributed by atoms with Crippen molar-refractivity contribution in [1.29, 1.82) is 0 Å². The fourth-order valence-electron chi connectivity index (χ4n) is 1.37. The van der Waals surface area contributed by atoms with Crippen molar-refractivity contribution >= 4 is 27.7 Å². The first kappa shape index (κ1) is 11.7. The predicted molar refractivity (Wildman–Crippen MR) is 69.4 cm³/mol. The third-order valence-electron chi connectivity index (χ3n) is 2.16. The monoisotopic (exact) mass is 297 g/mol. The van der Waals surface area contributed by atoms with Gasteiger partial charge in [0, 0.05) is 29.2 Å². The van der Waals surface area contributed by atoms with E-state index in [9.17, 15) is 0 Å². The average Bonchev–Trinajstić information content (AvgIpc) is 2.64. The van der Waals surface area contributed by atoms with Crippen LogP contribution in [0.15, 0.2) is 44.9 Å². The van der Waals surface area contributed by atoms with Crippen molar-refractivity contribution in [3.05, 3.63) is 40.6 Å². The van der Waals surface area contributed by atoms with Gasteiger partial charge in [0.2, 0.25) is 0 Å². The quantitative estimate of drug-likeness (QED) is 0.947. The van der Waals surface area contributed by atoms with Crippen LogP contribution in [0.1, 0.15) is 5.56 Å². The van der Waals surface area contributed by atoms with Gasteiger partial charge < -0.3 is 5.73 Å². The maximum Gasteiger partial charge on any atom is 0.0629 e. The van der Waals surface area contributed by atoms with Crippen molar-refractivity contribution in [1.82, 2.24) is 9.78 Å². The first-order valence-electron chi connectivity index (χ1n) is 4.84. The third kappa shape index (κ3) is 2.66. The molecule has 2 N–H and O–H groups in total. The maximum absolute atomic E-state index is 5.71. The Hall–Kier alpha value is -0.780. The highest BCUT2D eigenvalue weighted by molar-refractivity contribution is 9.10. The van der Waals surface area contributed by atoms with Gasteiger partial charge in [-0.2, -0.15) is 5.10 Å². The van der Waals surface area contributed by atoms with Gasteiger partial charge in [-0.05, 0) is 17.7 Å². The van der Waals surface area contributed by atoms with E-state index in [1.165, 1.54) is 4.90 Å². The van der Waals surface area contributed by atoms with Crippen LogP contribution in [0.2, 0.25) is 0 Å². The predicted octanol–water partition coefficient (Wildman–Crippen LogP) is 2.79. The summed E-state index contributed by atoms with van der Waals surface area (Å²) in [5.74, 6) is 0. The fourth-order valence-corrected chi connectivity index (χ4v) is 2.91. The summed E-state index contributed by atoms with van der Waals surface area (Å²) >= 11 is 5.15. The van der Waals surface area contributed by atoms with Crippen LogP contribution < -0.4 is 5.73 Å². The van der Waals surface area contributed by atoms with Gasteiger partial charge in [0.1, 0.15) is 0 Å². The molecule has 0 saturated heterocycles. The molecule has 0 fully saturated rings. The first-order chi connectivity index (χ1) is 7.69. The number of aromatic nitrogens is 2. The molecule has 3 nitrogen and oxygen atoms in total. The lowest BCUT2D eigenvalue weighted by Gasteiger charge is -2.06. The van der Waals surface area contributed by atoms with E-state index in [4.69, 9.17) is 5.73 Å². The minimum absolute atomic E-state index is 0.551. The molecule has 1 aromatic heterocycles. The van der Waals surface area contributed by atoms with Crippen molar-refractivity contribution in [2.24, 2.45) is 12.8 Å². The Morgan fingerprint density at radius 1 is 1.50 bits per heavy atom. The van der Waals surface area contributed by atoms with Crippen LogP contribution in [-0.4, -0.2) is 9.78 Å². The second-order valence-electron chi connectivity index (χ2n) is 3.41. The lowest BCUT2D eigenvalue weighted by Crippen LogP contribution is -1.97. The molecule has 5 heteroatoms. The van der Waals surface area contributed by atoms with E-state index >= 15 is 0 Å². The number of nitrogens with two attached hydrogens (primary N) is 1. The molecule has 0 saturated carbocycles. The first-order valence-corrected chi connectivity index (χ1v) is 6.45. The smallest absolute Gasteiger partial charge is 0.0629 e. The van der Waals surface area contributed by atoms with Crippen molar-refractivity contribution in [2.75, 3.05) is 0 Å². The molecule has 16 heavy (non-hydrogen) atoms. The second kappa shape index (κ2) is 5.03. The summed E-state index contributed by atoms with van der Waals surface area (Å²) in [7, 11) is 1.91. The molecule has 0 atom stereocenters. The molecule has 2 aromatic rings. The van der Waals surface area contributed by atoms with Crippen LogP contribution in [0.25, 0.3) is 0 Å². The summed E-state index contributed by atoms with van der Waals surface area (Å²) in [4.78, 5) is 2.29. The minimum atomic E-state index is 0.551. The topological polar surface area (TPSA) is 43.8 Å². The van der Waals surface area contributed by atoms with Gasteiger partial charge in [-0.25, -0.2) is 0 Å². The van der Waals surface area contributed by atoms with Gasteiger partial charge in [-0.3, -0.25) is 4.68 Å². The number of aryl methyl sites for hydroxylation is 1. The lowest BCUT2D eigenvalue weighted by atomic mass is 10.2. The molecule has 0 unspecified atom stereocenters. The molecule has 1 heterocycles. The van der Waals surface area contributed by atoms with Gasteiger partial charge in [0.15, 0.2) is 0 Å². The summed E-state index contributed by atoms with van der Waals surface area (Å²) in [5.41, 5.74) is 6.86. The van der Waals surface area contributed by atoms with Gasteiger partial charge in [0.25, 0.3) is 0 Å². The largest absolute Gasteiger partial charge is 0.326 e. The van der Waals surface area contributed by atoms with Crippen LogP contribution >= 0.6 is 27.7 Å². The molecule has 0 aliphatic heterocycles. The Morgan fingerprint density at radius 2 is 2.31 bits per heavy atom. The second-order valence-corrected chi connectivity index (χ2v) is 5.44. The van der Waals surface area contributed by atoms with Crippen LogP contribution in [0, 0.1) is 0 Å². The van der Waals surface area contributed by atoms with Gasteiger partial charge in [-0.15, -0.1) is 0 Å². The molecule has 1 aromatic carbocycles. The summed E-state index contributed by atoms with van der Waals surface area (Å²) in [6, 6.07) is 6.14. The zero-order valence-corrected chi connectivity index (χ0v) is 11.3. The maximum atomic E-state index is 5.71.